The van der Waals surface area contributed by atoms with Gasteiger partial charge in [-0.05, 0) is 28.7 Å². The lowest BCUT2D eigenvalue weighted by molar-refractivity contribution is -0.138. The number of hydrogen-bond donors (Lipinski definition) is 1. The second kappa shape index (κ2) is 12.7. The van der Waals surface area contributed by atoms with Gasteiger partial charge >= 0.3 is 0 Å². The molecular formula is C35H36ClN3O2. The lowest BCUT2D eigenvalue weighted by atomic mass is 9.88. The van der Waals surface area contributed by atoms with Crippen LogP contribution in [0.5, 0.6) is 0 Å². The number of amides is 2. The van der Waals surface area contributed by atoms with Gasteiger partial charge in [-0.2, -0.15) is 0 Å². The Morgan fingerprint density at radius 1 is 0.732 bits per heavy atom. The third-order valence-corrected chi connectivity index (χ3v) is 8.40. The van der Waals surface area contributed by atoms with Gasteiger partial charge in [0.05, 0.1) is 17.6 Å². The zero-order valence-electron chi connectivity index (χ0n) is 23.1. The van der Waals surface area contributed by atoms with E-state index in [9.17, 15) is 9.59 Å². The summed E-state index contributed by atoms with van der Waals surface area (Å²) in [5.74, 6) is -0.0909. The van der Waals surface area contributed by atoms with Crippen LogP contribution in [0.4, 0.5) is 0 Å². The van der Waals surface area contributed by atoms with E-state index in [1.54, 1.807) is 0 Å². The number of nitrogens with zero attached hydrogens (tertiary/aromatic N) is 2. The Labute approximate surface area is 248 Å². The second-order valence-electron chi connectivity index (χ2n) is 10.9. The molecule has 4 aromatic carbocycles. The van der Waals surface area contributed by atoms with Crippen molar-refractivity contribution >= 4 is 24.2 Å². The summed E-state index contributed by atoms with van der Waals surface area (Å²) in [6, 6.07) is 40.2. The normalized spacial score (nSPS) is 18.0. The Bertz CT molecular complexity index is 1390. The van der Waals surface area contributed by atoms with Gasteiger partial charge in [0, 0.05) is 32.5 Å². The van der Waals surface area contributed by atoms with E-state index in [1.807, 2.05) is 107 Å². The predicted molar refractivity (Wildman–Crippen MR) is 165 cm³/mol. The highest BCUT2D eigenvalue weighted by Gasteiger charge is 2.52. The molecule has 1 N–H and O–H groups in total. The Morgan fingerprint density at radius 3 is 1.71 bits per heavy atom. The van der Waals surface area contributed by atoms with Crippen LogP contribution in [0.15, 0.2) is 121 Å². The fourth-order valence-electron chi connectivity index (χ4n) is 6.31. The average molecular weight is 566 g/mol. The molecule has 2 saturated heterocycles. The maximum Gasteiger partial charge on any atom is 0.241 e. The maximum atomic E-state index is 14.1. The Kier molecular flexibility index (Phi) is 8.87. The molecule has 0 aliphatic carbocycles. The first-order valence-electron chi connectivity index (χ1n) is 14.2. The third-order valence-electron chi connectivity index (χ3n) is 8.40. The number of halogens is 1. The van der Waals surface area contributed by atoms with Crippen molar-refractivity contribution < 1.29 is 9.59 Å². The van der Waals surface area contributed by atoms with E-state index in [2.05, 4.69) is 29.6 Å². The SMILES string of the molecule is Cl.O=C(C(c1ccccc1)c1ccccc1)N1CCC2(CC1)N[C@@H](Cc1ccccc1)C(=O)N2Cc1ccccc1. The summed E-state index contributed by atoms with van der Waals surface area (Å²) in [4.78, 5) is 32.0. The van der Waals surface area contributed by atoms with Crippen LogP contribution in [-0.2, 0) is 22.6 Å². The molecular weight excluding hydrogens is 530 g/mol. The quantitative estimate of drug-likeness (QED) is 0.308. The highest BCUT2D eigenvalue weighted by molar-refractivity contribution is 5.88. The molecule has 2 aliphatic rings. The zero-order valence-corrected chi connectivity index (χ0v) is 23.9. The van der Waals surface area contributed by atoms with E-state index in [-0.39, 0.29) is 36.2 Å². The molecule has 5 nitrogen and oxygen atoms in total. The molecule has 6 rings (SSSR count). The first-order chi connectivity index (χ1) is 19.6. The number of carbonyl (C=O) groups is 2. The number of carbonyl (C=O) groups excluding carboxylic acids is 2. The van der Waals surface area contributed by atoms with Gasteiger partial charge in [-0.1, -0.05) is 121 Å². The van der Waals surface area contributed by atoms with E-state index in [1.165, 1.54) is 0 Å². The summed E-state index contributed by atoms with van der Waals surface area (Å²) in [7, 11) is 0. The summed E-state index contributed by atoms with van der Waals surface area (Å²) in [6.45, 7) is 1.75. The van der Waals surface area contributed by atoms with Crippen LogP contribution in [0.2, 0.25) is 0 Å². The Balaban J connectivity index is 0.00000337. The van der Waals surface area contributed by atoms with Crippen LogP contribution >= 0.6 is 12.4 Å². The first-order valence-corrected chi connectivity index (χ1v) is 14.2. The Morgan fingerprint density at radius 2 is 1.20 bits per heavy atom. The molecule has 0 bridgehead atoms. The van der Waals surface area contributed by atoms with E-state index in [4.69, 9.17) is 0 Å². The van der Waals surface area contributed by atoms with Crippen molar-refractivity contribution in [2.24, 2.45) is 0 Å². The smallest absolute Gasteiger partial charge is 0.241 e. The van der Waals surface area contributed by atoms with Crippen LogP contribution in [0.25, 0.3) is 0 Å². The third kappa shape index (κ3) is 6.07. The summed E-state index contributed by atoms with van der Waals surface area (Å²) in [6.07, 6.45) is 2.04. The van der Waals surface area contributed by atoms with Gasteiger partial charge in [0.1, 0.15) is 0 Å². The van der Waals surface area contributed by atoms with E-state index in [0.717, 1.165) is 22.3 Å². The van der Waals surface area contributed by atoms with Gasteiger partial charge in [0.25, 0.3) is 0 Å². The molecule has 1 atom stereocenters. The summed E-state index contributed by atoms with van der Waals surface area (Å²) >= 11 is 0. The first kappa shape index (κ1) is 28.6. The number of benzene rings is 4. The standard InChI is InChI=1S/C35H35N3O2.ClH/c39-33-31(25-27-13-5-1-6-14-27)36-35(38(33)26-28-15-7-2-8-16-28)21-23-37(24-22-35)34(40)32(29-17-9-3-10-18-29)30-19-11-4-12-20-30;/h1-20,31-32,36H,21-26H2;1H/t31-;/m0./s1. The monoisotopic (exact) mass is 565 g/mol. The van der Waals surface area contributed by atoms with Gasteiger partial charge in [-0.15, -0.1) is 12.4 Å². The number of nitrogens with one attached hydrogen (secondary N) is 1. The topological polar surface area (TPSA) is 52.7 Å². The number of likely N-dealkylation sites (tertiary alicyclic amines) is 1. The second-order valence-corrected chi connectivity index (χ2v) is 10.9. The number of hydrogen-bond acceptors (Lipinski definition) is 3. The zero-order chi connectivity index (χ0) is 27.4. The van der Waals surface area contributed by atoms with Crippen molar-refractivity contribution in [2.45, 2.75) is 43.4 Å². The summed E-state index contributed by atoms with van der Waals surface area (Å²) < 4.78 is 0. The number of piperidine rings is 1. The fourth-order valence-corrected chi connectivity index (χ4v) is 6.31. The van der Waals surface area contributed by atoms with E-state index in [0.29, 0.717) is 38.9 Å². The molecule has 2 amide bonds. The molecule has 4 aromatic rings. The van der Waals surface area contributed by atoms with Crippen LogP contribution in [0.1, 0.15) is 41.0 Å². The molecule has 0 unspecified atom stereocenters. The van der Waals surface area contributed by atoms with Crippen molar-refractivity contribution in [3.05, 3.63) is 144 Å². The van der Waals surface area contributed by atoms with Crippen LogP contribution in [0.3, 0.4) is 0 Å². The van der Waals surface area contributed by atoms with Gasteiger partial charge < -0.3 is 9.80 Å². The van der Waals surface area contributed by atoms with Gasteiger partial charge in [0.15, 0.2) is 0 Å². The molecule has 2 fully saturated rings. The fraction of sp³-hybridized carbons (Fsp3) is 0.257. The van der Waals surface area contributed by atoms with Gasteiger partial charge in [0.2, 0.25) is 11.8 Å². The maximum absolute atomic E-state index is 14.1. The average Bonchev–Trinajstić information content (AvgIpc) is 3.25. The van der Waals surface area contributed by atoms with Crippen LogP contribution in [-0.4, -0.2) is 46.4 Å². The minimum Gasteiger partial charge on any atom is -0.342 e. The summed E-state index contributed by atoms with van der Waals surface area (Å²) in [5, 5.41) is 3.77. The minimum atomic E-state index is -0.474. The van der Waals surface area contributed by atoms with Crippen molar-refractivity contribution in [1.29, 1.82) is 0 Å². The molecule has 0 radical (unpaired) electrons. The van der Waals surface area contributed by atoms with Crippen molar-refractivity contribution in [3.63, 3.8) is 0 Å². The van der Waals surface area contributed by atoms with Crippen molar-refractivity contribution in [1.82, 2.24) is 15.1 Å². The molecule has 1 spiro atoms. The highest BCUT2D eigenvalue weighted by Crippen LogP contribution is 2.36. The molecule has 41 heavy (non-hydrogen) atoms. The van der Waals surface area contributed by atoms with Gasteiger partial charge in [-0.3, -0.25) is 14.9 Å². The molecule has 2 heterocycles. The van der Waals surface area contributed by atoms with Crippen molar-refractivity contribution in [3.8, 4) is 0 Å². The van der Waals surface area contributed by atoms with Crippen molar-refractivity contribution in [2.75, 3.05) is 13.1 Å². The molecule has 6 heteroatoms. The molecule has 0 saturated carbocycles. The summed E-state index contributed by atoms with van der Waals surface area (Å²) in [5.41, 5.74) is 3.79. The van der Waals surface area contributed by atoms with Gasteiger partial charge in [-0.25, -0.2) is 0 Å². The Hall–Kier alpha value is -3.93. The van der Waals surface area contributed by atoms with E-state index < -0.39 is 5.66 Å². The number of rotatable bonds is 7. The lowest BCUT2D eigenvalue weighted by Gasteiger charge is -2.45. The van der Waals surface area contributed by atoms with Crippen LogP contribution in [0, 0.1) is 0 Å². The largest absolute Gasteiger partial charge is 0.342 e. The highest BCUT2D eigenvalue weighted by atomic mass is 35.5. The predicted octanol–water partition coefficient (Wildman–Crippen LogP) is 5.80. The molecule has 0 aromatic heterocycles. The lowest BCUT2D eigenvalue weighted by Crippen LogP contribution is -2.59. The van der Waals surface area contributed by atoms with Crippen LogP contribution < -0.4 is 5.32 Å². The molecule has 2 aliphatic heterocycles. The molecule has 210 valence electrons. The van der Waals surface area contributed by atoms with E-state index >= 15 is 0 Å². The minimum absolute atomic E-state index is 0.